The van der Waals surface area contributed by atoms with Gasteiger partial charge in [-0.1, -0.05) is 49.9 Å². The summed E-state index contributed by atoms with van der Waals surface area (Å²) in [6.07, 6.45) is 10.6. The first kappa shape index (κ1) is 18.7. The summed E-state index contributed by atoms with van der Waals surface area (Å²) in [7, 11) is 2.06. The lowest BCUT2D eigenvalue weighted by Gasteiger charge is -2.39. The summed E-state index contributed by atoms with van der Waals surface area (Å²) in [5.41, 5.74) is 15.6. The highest BCUT2D eigenvalue weighted by atomic mass is 15.1. The first-order valence-electron chi connectivity index (χ1n) is 10.6. The maximum atomic E-state index is 6.40. The van der Waals surface area contributed by atoms with Crippen LogP contribution in [0.1, 0.15) is 41.5 Å². The molecule has 1 aromatic heterocycles. The van der Waals surface area contributed by atoms with Gasteiger partial charge >= 0.3 is 0 Å². The third-order valence-corrected chi connectivity index (χ3v) is 6.96. The van der Waals surface area contributed by atoms with E-state index in [1.807, 2.05) is 12.3 Å². The Kier molecular flexibility index (Phi) is 4.31. The second kappa shape index (κ2) is 6.91. The summed E-state index contributed by atoms with van der Waals surface area (Å²) in [6.45, 7) is 9.27. The van der Waals surface area contributed by atoms with Crippen LogP contribution in [0.5, 0.6) is 0 Å². The van der Waals surface area contributed by atoms with E-state index in [2.05, 4.69) is 71.8 Å². The predicted octanol–water partition coefficient (Wildman–Crippen LogP) is 4.83. The maximum Gasteiger partial charge on any atom is 0.134 e. The molecule has 0 atom stereocenters. The average Bonchev–Trinajstić information content (AvgIpc) is 3.19. The zero-order valence-corrected chi connectivity index (χ0v) is 17.5. The van der Waals surface area contributed by atoms with Gasteiger partial charge in [0.1, 0.15) is 5.82 Å². The molecular weight excluding hydrogens is 368 g/mol. The fourth-order valence-electron chi connectivity index (χ4n) is 4.86. The molecule has 30 heavy (non-hydrogen) atoms. The van der Waals surface area contributed by atoms with Crippen molar-refractivity contribution >= 4 is 17.6 Å². The molecule has 2 heterocycles. The molecule has 4 nitrogen and oxygen atoms in total. The topological polar surface area (TPSA) is 54.2 Å². The Labute approximate surface area is 178 Å². The number of pyridine rings is 1. The van der Waals surface area contributed by atoms with Gasteiger partial charge in [-0.05, 0) is 48.1 Å². The Morgan fingerprint density at radius 1 is 1.33 bits per heavy atom. The predicted molar refractivity (Wildman–Crippen MR) is 125 cm³/mol. The number of allylic oxidation sites excluding steroid dienone is 2. The van der Waals surface area contributed by atoms with E-state index in [1.54, 1.807) is 0 Å². The van der Waals surface area contributed by atoms with Crippen LogP contribution in [0.15, 0.2) is 72.7 Å². The molecule has 1 fully saturated rings. The number of nitrogens with zero attached hydrogens (tertiary/aromatic N) is 2. The maximum absolute atomic E-state index is 6.40. The highest BCUT2D eigenvalue weighted by Gasteiger charge is 2.47. The molecule has 1 spiro atoms. The molecule has 0 unspecified atom stereocenters. The molecule has 1 aliphatic heterocycles. The van der Waals surface area contributed by atoms with Gasteiger partial charge in [-0.25, -0.2) is 4.98 Å². The lowest BCUT2D eigenvalue weighted by molar-refractivity contribution is 0.307. The standard InChI is InChI=1S/C26H28N4/c1-17(30(3)16-21-14-20-7-4-5-8-22(20)24(21)27)9-10-19-13-23-25(28-15-19)29-18(2)26(23)11-6-12-26/h4-5,7-10,13,15H,1-2,6,11-12,14,16,27H2,3H3,(H,28,29)/b10-9+. The van der Waals surface area contributed by atoms with Crippen molar-refractivity contribution < 1.29 is 0 Å². The third-order valence-electron chi connectivity index (χ3n) is 6.96. The van der Waals surface area contributed by atoms with Crippen molar-refractivity contribution in [2.24, 2.45) is 5.73 Å². The van der Waals surface area contributed by atoms with Gasteiger partial charge in [-0.2, -0.15) is 0 Å². The normalized spacial score (nSPS) is 18.4. The molecule has 2 aromatic rings. The van der Waals surface area contributed by atoms with Crippen LogP contribution >= 0.6 is 0 Å². The molecule has 3 aliphatic rings. The van der Waals surface area contributed by atoms with Crippen molar-refractivity contribution in [1.82, 2.24) is 9.88 Å². The number of hydrogen-bond donors (Lipinski definition) is 2. The smallest absolute Gasteiger partial charge is 0.134 e. The Morgan fingerprint density at radius 3 is 2.87 bits per heavy atom. The van der Waals surface area contributed by atoms with Crippen LogP contribution in [-0.4, -0.2) is 23.5 Å². The minimum atomic E-state index is 0.0987. The first-order valence-corrected chi connectivity index (χ1v) is 10.6. The number of benzene rings is 1. The van der Waals surface area contributed by atoms with Crippen LogP contribution < -0.4 is 11.1 Å². The van der Waals surface area contributed by atoms with Crippen LogP contribution in [0.3, 0.4) is 0 Å². The summed E-state index contributed by atoms with van der Waals surface area (Å²) in [6, 6.07) is 10.6. The first-order chi connectivity index (χ1) is 14.5. The van der Waals surface area contributed by atoms with E-state index in [4.69, 9.17) is 5.73 Å². The van der Waals surface area contributed by atoms with Crippen LogP contribution in [0.2, 0.25) is 0 Å². The number of rotatable bonds is 5. The Bertz CT molecular complexity index is 1120. The summed E-state index contributed by atoms with van der Waals surface area (Å²) in [4.78, 5) is 6.79. The summed E-state index contributed by atoms with van der Waals surface area (Å²) < 4.78 is 0. The molecule has 0 radical (unpaired) electrons. The van der Waals surface area contributed by atoms with Crippen molar-refractivity contribution in [3.05, 3.63) is 95.0 Å². The summed E-state index contributed by atoms with van der Waals surface area (Å²) >= 11 is 0. The van der Waals surface area contributed by atoms with Gasteiger partial charge in [0, 0.05) is 53.4 Å². The number of nitrogens with two attached hydrogens (primary N) is 1. The monoisotopic (exact) mass is 396 g/mol. The molecule has 0 amide bonds. The van der Waals surface area contributed by atoms with E-state index in [0.29, 0.717) is 0 Å². The zero-order chi connectivity index (χ0) is 20.9. The van der Waals surface area contributed by atoms with Crippen molar-refractivity contribution in [1.29, 1.82) is 0 Å². The van der Waals surface area contributed by atoms with Crippen molar-refractivity contribution in [3.63, 3.8) is 0 Å². The lowest BCUT2D eigenvalue weighted by atomic mass is 9.64. The van der Waals surface area contributed by atoms with Gasteiger partial charge in [0.15, 0.2) is 0 Å². The second-order valence-electron chi connectivity index (χ2n) is 8.74. The number of fused-ring (bicyclic) bond motifs is 3. The minimum absolute atomic E-state index is 0.0987. The molecule has 1 saturated carbocycles. The van der Waals surface area contributed by atoms with Crippen molar-refractivity contribution in [2.45, 2.75) is 31.1 Å². The molecular formula is C26H28N4. The average molecular weight is 397 g/mol. The Hall–Kier alpha value is -3.27. The van der Waals surface area contributed by atoms with E-state index in [-0.39, 0.29) is 5.41 Å². The van der Waals surface area contributed by atoms with Crippen LogP contribution in [0, 0.1) is 0 Å². The fraction of sp³-hybridized carbons (Fsp3) is 0.269. The number of likely N-dealkylation sites (N-methyl/N-ethyl adjacent to an activating group) is 1. The van der Waals surface area contributed by atoms with Gasteiger partial charge in [0.05, 0.1) is 0 Å². The van der Waals surface area contributed by atoms with Crippen molar-refractivity contribution in [3.8, 4) is 0 Å². The molecule has 0 bridgehead atoms. The molecule has 0 saturated heterocycles. The lowest BCUT2D eigenvalue weighted by Crippen LogP contribution is -2.33. The van der Waals surface area contributed by atoms with E-state index >= 15 is 0 Å². The van der Waals surface area contributed by atoms with E-state index in [9.17, 15) is 0 Å². The summed E-state index contributed by atoms with van der Waals surface area (Å²) in [5.74, 6) is 0.969. The van der Waals surface area contributed by atoms with Gasteiger partial charge in [-0.15, -0.1) is 0 Å². The summed E-state index contributed by atoms with van der Waals surface area (Å²) in [5, 5.41) is 3.38. The fourth-order valence-corrected chi connectivity index (χ4v) is 4.86. The number of nitrogens with one attached hydrogen (secondary N) is 1. The van der Waals surface area contributed by atoms with Gasteiger partial charge in [-0.3, -0.25) is 0 Å². The molecule has 1 aromatic carbocycles. The van der Waals surface area contributed by atoms with E-state index < -0.39 is 0 Å². The van der Waals surface area contributed by atoms with E-state index in [1.165, 1.54) is 28.7 Å². The van der Waals surface area contributed by atoms with Gasteiger partial charge in [0.2, 0.25) is 0 Å². The van der Waals surface area contributed by atoms with Crippen molar-refractivity contribution in [2.75, 3.05) is 18.9 Å². The zero-order valence-electron chi connectivity index (χ0n) is 17.5. The van der Waals surface area contributed by atoms with Gasteiger partial charge < -0.3 is 16.0 Å². The SMILES string of the molecule is C=C(/C=C/c1cnc2c(c1)C1(CCC1)C(=C)N2)N(C)CC1=C(N)c2ccccc2C1. The molecule has 3 N–H and O–H groups in total. The van der Waals surface area contributed by atoms with E-state index in [0.717, 1.165) is 54.3 Å². The molecule has 5 rings (SSSR count). The molecule has 4 heteroatoms. The van der Waals surface area contributed by atoms with Crippen LogP contribution in [-0.2, 0) is 11.8 Å². The van der Waals surface area contributed by atoms with Gasteiger partial charge in [0.25, 0.3) is 0 Å². The highest BCUT2D eigenvalue weighted by Crippen LogP contribution is 2.54. The third kappa shape index (κ3) is 2.86. The molecule has 2 aliphatic carbocycles. The Morgan fingerprint density at radius 2 is 2.13 bits per heavy atom. The van der Waals surface area contributed by atoms with Crippen LogP contribution in [0.25, 0.3) is 11.8 Å². The highest BCUT2D eigenvalue weighted by molar-refractivity contribution is 5.74. The quantitative estimate of drug-likeness (QED) is 0.711. The largest absolute Gasteiger partial charge is 0.398 e. The minimum Gasteiger partial charge on any atom is -0.398 e. The number of anilines is 1. The number of aromatic nitrogens is 1. The Balaban J connectivity index is 1.29. The van der Waals surface area contributed by atoms with Crippen LogP contribution in [0.4, 0.5) is 5.82 Å². The number of hydrogen-bond acceptors (Lipinski definition) is 4. The molecule has 152 valence electrons. The second-order valence-corrected chi connectivity index (χ2v) is 8.74.